The summed E-state index contributed by atoms with van der Waals surface area (Å²) in [4.78, 5) is 11.7. The largest absolute Gasteiger partial charge is 0.497 e. The molecule has 0 N–H and O–H groups in total. The summed E-state index contributed by atoms with van der Waals surface area (Å²) in [7, 11) is 3.06. The average molecular weight is 316 g/mol. The number of carbonyl (C=O) groups is 1. The highest BCUT2D eigenvalue weighted by Crippen LogP contribution is 2.20. The lowest BCUT2D eigenvalue weighted by atomic mass is 10.2. The first-order chi connectivity index (χ1) is 11.1. The van der Waals surface area contributed by atoms with Gasteiger partial charge in [-0.25, -0.2) is 9.18 Å². The van der Waals surface area contributed by atoms with Crippen LogP contribution in [0.2, 0.25) is 0 Å². The third-order valence-corrected chi connectivity index (χ3v) is 3.14. The summed E-state index contributed by atoms with van der Waals surface area (Å²) < 4.78 is 28.5. The standard InChI is InChI=1S/C18H17FO4/c1-21-16-7-3-13(4-8-16)5-10-18(20)23-12-14-11-15(19)6-9-17(14)22-2/h3-11H,12H2,1-2H3/b10-5+. The summed E-state index contributed by atoms with van der Waals surface area (Å²) in [5.41, 5.74) is 1.31. The van der Waals surface area contributed by atoms with Gasteiger partial charge >= 0.3 is 5.97 Å². The summed E-state index contributed by atoms with van der Waals surface area (Å²) >= 11 is 0. The molecule has 0 aliphatic rings. The minimum absolute atomic E-state index is 0.0628. The molecular formula is C18H17FO4. The van der Waals surface area contributed by atoms with Gasteiger partial charge in [0.2, 0.25) is 0 Å². The Labute approximate surface area is 134 Å². The fourth-order valence-corrected chi connectivity index (χ4v) is 1.94. The molecule has 0 aromatic heterocycles. The van der Waals surface area contributed by atoms with Crippen LogP contribution in [0.25, 0.3) is 6.08 Å². The Morgan fingerprint density at radius 3 is 2.48 bits per heavy atom. The van der Waals surface area contributed by atoms with Crippen LogP contribution in [0.1, 0.15) is 11.1 Å². The summed E-state index contributed by atoms with van der Waals surface area (Å²) in [6, 6.07) is 11.3. The van der Waals surface area contributed by atoms with Crippen LogP contribution in [0.5, 0.6) is 11.5 Å². The van der Waals surface area contributed by atoms with Crippen molar-refractivity contribution >= 4 is 12.0 Å². The minimum Gasteiger partial charge on any atom is -0.497 e. The lowest BCUT2D eigenvalue weighted by Crippen LogP contribution is -2.02. The smallest absolute Gasteiger partial charge is 0.331 e. The van der Waals surface area contributed by atoms with E-state index in [4.69, 9.17) is 14.2 Å². The topological polar surface area (TPSA) is 44.8 Å². The molecule has 2 aromatic rings. The van der Waals surface area contributed by atoms with Crippen LogP contribution in [0.15, 0.2) is 48.5 Å². The molecule has 0 unspecified atom stereocenters. The van der Waals surface area contributed by atoms with E-state index in [1.54, 1.807) is 25.3 Å². The maximum absolute atomic E-state index is 13.2. The third kappa shape index (κ3) is 4.85. The first-order valence-electron chi connectivity index (χ1n) is 6.93. The normalized spacial score (nSPS) is 10.6. The Morgan fingerprint density at radius 1 is 1.09 bits per heavy atom. The molecule has 0 aliphatic heterocycles. The number of carbonyl (C=O) groups excluding carboxylic acids is 1. The number of benzene rings is 2. The molecule has 4 nitrogen and oxygen atoms in total. The van der Waals surface area contributed by atoms with Gasteiger partial charge in [0.15, 0.2) is 0 Å². The van der Waals surface area contributed by atoms with E-state index in [1.807, 2.05) is 12.1 Å². The Bertz CT molecular complexity index is 693. The summed E-state index contributed by atoms with van der Waals surface area (Å²) in [5, 5.41) is 0. The number of rotatable bonds is 6. The van der Waals surface area contributed by atoms with Crippen molar-refractivity contribution in [1.82, 2.24) is 0 Å². The second-order valence-electron chi connectivity index (χ2n) is 4.67. The molecule has 5 heteroatoms. The Kier molecular flexibility index (Phi) is 5.74. The van der Waals surface area contributed by atoms with Gasteiger partial charge in [-0.3, -0.25) is 0 Å². The molecule has 0 fully saturated rings. The first kappa shape index (κ1) is 16.5. The molecule has 0 amide bonds. The molecule has 0 saturated heterocycles. The van der Waals surface area contributed by atoms with Crippen molar-refractivity contribution in [1.29, 1.82) is 0 Å². The van der Waals surface area contributed by atoms with E-state index in [2.05, 4.69) is 0 Å². The van der Waals surface area contributed by atoms with Crippen LogP contribution < -0.4 is 9.47 Å². The molecule has 0 heterocycles. The van der Waals surface area contributed by atoms with Gasteiger partial charge in [0.1, 0.15) is 23.9 Å². The highest BCUT2D eigenvalue weighted by Gasteiger charge is 2.07. The minimum atomic E-state index is -0.521. The van der Waals surface area contributed by atoms with Crippen molar-refractivity contribution in [2.45, 2.75) is 6.61 Å². The summed E-state index contributed by atoms with van der Waals surface area (Å²) in [6.07, 6.45) is 2.94. The molecule has 2 rings (SSSR count). The van der Waals surface area contributed by atoms with Crippen molar-refractivity contribution in [3.63, 3.8) is 0 Å². The highest BCUT2D eigenvalue weighted by molar-refractivity contribution is 5.87. The van der Waals surface area contributed by atoms with Gasteiger partial charge in [0.05, 0.1) is 14.2 Å². The lowest BCUT2D eigenvalue weighted by molar-refractivity contribution is -0.138. The molecule has 0 spiro atoms. The van der Waals surface area contributed by atoms with Crippen molar-refractivity contribution in [3.8, 4) is 11.5 Å². The van der Waals surface area contributed by atoms with Gasteiger partial charge in [-0.05, 0) is 42.0 Å². The van der Waals surface area contributed by atoms with E-state index in [9.17, 15) is 9.18 Å². The number of esters is 1. The highest BCUT2D eigenvalue weighted by atomic mass is 19.1. The maximum atomic E-state index is 13.2. The average Bonchev–Trinajstić information content (AvgIpc) is 2.58. The van der Waals surface area contributed by atoms with Gasteiger partial charge in [-0.2, -0.15) is 0 Å². The molecule has 120 valence electrons. The zero-order valence-electron chi connectivity index (χ0n) is 12.9. The quantitative estimate of drug-likeness (QED) is 0.603. The van der Waals surface area contributed by atoms with Crippen LogP contribution in [0, 0.1) is 5.82 Å². The van der Waals surface area contributed by atoms with Gasteiger partial charge in [0.25, 0.3) is 0 Å². The van der Waals surface area contributed by atoms with Gasteiger partial charge in [-0.1, -0.05) is 12.1 Å². The zero-order chi connectivity index (χ0) is 16.7. The maximum Gasteiger partial charge on any atom is 0.331 e. The Hall–Kier alpha value is -2.82. The van der Waals surface area contributed by atoms with E-state index < -0.39 is 11.8 Å². The Balaban J connectivity index is 1.94. The van der Waals surface area contributed by atoms with Crippen molar-refractivity contribution in [2.24, 2.45) is 0 Å². The van der Waals surface area contributed by atoms with E-state index in [0.717, 1.165) is 11.3 Å². The van der Waals surface area contributed by atoms with Gasteiger partial charge in [0, 0.05) is 11.6 Å². The summed E-state index contributed by atoms with van der Waals surface area (Å²) in [6.45, 7) is -0.0628. The van der Waals surface area contributed by atoms with Crippen LogP contribution >= 0.6 is 0 Å². The molecule has 0 saturated carbocycles. The number of methoxy groups -OCH3 is 2. The number of halogens is 1. The predicted molar refractivity (Wildman–Crippen MR) is 84.8 cm³/mol. The van der Waals surface area contributed by atoms with E-state index in [-0.39, 0.29) is 6.61 Å². The van der Waals surface area contributed by atoms with Gasteiger partial charge in [-0.15, -0.1) is 0 Å². The molecule has 0 bridgehead atoms. The van der Waals surface area contributed by atoms with Crippen molar-refractivity contribution in [3.05, 3.63) is 65.5 Å². The fourth-order valence-electron chi connectivity index (χ4n) is 1.94. The number of ether oxygens (including phenoxy) is 3. The lowest BCUT2D eigenvalue weighted by Gasteiger charge is -2.08. The monoisotopic (exact) mass is 316 g/mol. The molecule has 0 radical (unpaired) electrons. The van der Waals surface area contributed by atoms with Crippen LogP contribution in [0.4, 0.5) is 4.39 Å². The third-order valence-electron chi connectivity index (χ3n) is 3.14. The van der Waals surface area contributed by atoms with Crippen LogP contribution in [-0.2, 0) is 16.1 Å². The Morgan fingerprint density at radius 2 is 1.83 bits per heavy atom. The van der Waals surface area contributed by atoms with Crippen LogP contribution in [-0.4, -0.2) is 20.2 Å². The molecule has 0 aliphatic carbocycles. The molecule has 2 aromatic carbocycles. The summed E-state index contributed by atoms with van der Waals surface area (Å²) in [5.74, 6) is 0.277. The zero-order valence-corrected chi connectivity index (χ0v) is 12.9. The number of hydrogen-bond acceptors (Lipinski definition) is 4. The molecular weight excluding hydrogens is 299 g/mol. The van der Waals surface area contributed by atoms with E-state index in [1.165, 1.54) is 31.4 Å². The van der Waals surface area contributed by atoms with Crippen molar-refractivity contribution in [2.75, 3.05) is 14.2 Å². The van der Waals surface area contributed by atoms with E-state index in [0.29, 0.717) is 11.3 Å². The second kappa shape index (κ2) is 7.98. The van der Waals surface area contributed by atoms with E-state index >= 15 is 0 Å². The predicted octanol–water partition coefficient (Wildman–Crippen LogP) is 3.60. The molecule has 23 heavy (non-hydrogen) atoms. The first-order valence-corrected chi connectivity index (χ1v) is 6.93. The SMILES string of the molecule is COc1ccc(/C=C/C(=O)OCc2cc(F)ccc2OC)cc1. The number of hydrogen-bond donors (Lipinski definition) is 0. The molecule has 0 atom stereocenters. The van der Waals surface area contributed by atoms with Crippen LogP contribution in [0.3, 0.4) is 0 Å². The van der Waals surface area contributed by atoms with Gasteiger partial charge < -0.3 is 14.2 Å². The second-order valence-corrected chi connectivity index (χ2v) is 4.67. The fraction of sp³-hybridized carbons (Fsp3) is 0.167. The van der Waals surface area contributed by atoms with Crippen molar-refractivity contribution < 1.29 is 23.4 Å².